The van der Waals surface area contributed by atoms with E-state index in [2.05, 4.69) is 5.32 Å². The second-order valence-electron chi connectivity index (χ2n) is 3.84. The first-order valence-electron chi connectivity index (χ1n) is 5.18. The smallest absolute Gasteiger partial charge is 0.326 e. The Kier molecular flexibility index (Phi) is 5.93. The Morgan fingerprint density at radius 3 is 2.27 bits per heavy atom. The van der Waals surface area contributed by atoms with Gasteiger partial charge < -0.3 is 16.2 Å². The van der Waals surface area contributed by atoms with E-state index in [0.29, 0.717) is 12.8 Å². The van der Waals surface area contributed by atoms with E-state index in [1.807, 2.05) is 6.92 Å². The van der Waals surface area contributed by atoms with Crippen molar-refractivity contribution in [2.45, 2.75) is 45.7 Å². The van der Waals surface area contributed by atoms with E-state index < -0.39 is 12.0 Å². The van der Waals surface area contributed by atoms with Crippen LogP contribution in [0.25, 0.3) is 0 Å². The minimum absolute atomic E-state index is 0.277. The predicted molar refractivity (Wildman–Crippen MR) is 57.3 cm³/mol. The van der Waals surface area contributed by atoms with Crippen LogP contribution in [0.1, 0.15) is 33.6 Å². The fourth-order valence-corrected chi connectivity index (χ4v) is 1.09. The number of rotatable bonds is 6. The number of nitrogens with two attached hydrogens (primary N) is 1. The van der Waals surface area contributed by atoms with E-state index in [0.717, 1.165) is 0 Å². The molecule has 15 heavy (non-hydrogen) atoms. The van der Waals surface area contributed by atoms with Crippen molar-refractivity contribution in [3.63, 3.8) is 0 Å². The van der Waals surface area contributed by atoms with Crippen LogP contribution in [-0.4, -0.2) is 29.1 Å². The highest BCUT2D eigenvalue weighted by Gasteiger charge is 2.23. The van der Waals surface area contributed by atoms with Gasteiger partial charge in [-0.15, -0.1) is 0 Å². The second-order valence-corrected chi connectivity index (χ2v) is 3.84. The van der Waals surface area contributed by atoms with Gasteiger partial charge in [0.15, 0.2) is 0 Å². The first-order valence-corrected chi connectivity index (χ1v) is 5.18. The van der Waals surface area contributed by atoms with Gasteiger partial charge in [-0.1, -0.05) is 20.3 Å². The quantitative estimate of drug-likeness (QED) is 0.597. The zero-order valence-corrected chi connectivity index (χ0v) is 9.49. The standard InChI is InChI=1S/C10H20N2O3/c1-4-5-8(10(14)15)12-9(13)6(2)7(3)11/h6-8H,4-5,11H2,1-3H3,(H,12,13)(H,14,15)/t6?,7?,8-/m1/s1. The molecule has 4 N–H and O–H groups in total. The van der Waals surface area contributed by atoms with E-state index in [-0.39, 0.29) is 17.9 Å². The molecule has 1 amide bonds. The van der Waals surface area contributed by atoms with Crippen LogP contribution in [0.2, 0.25) is 0 Å². The molecule has 0 aliphatic heterocycles. The molecule has 0 spiro atoms. The van der Waals surface area contributed by atoms with Gasteiger partial charge in [0.25, 0.3) is 0 Å². The molecule has 88 valence electrons. The highest BCUT2D eigenvalue weighted by Crippen LogP contribution is 2.03. The van der Waals surface area contributed by atoms with Gasteiger partial charge in [0.1, 0.15) is 6.04 Å². The number of carboxylic acid groups (broad SMARTS) is 1. The first kappa shape index (κ1) is 13.9. The van der Waals surface area contributed by atoms with Crippen molar-refractivity contribution in [3.8, 4) is 0 Å². The van der Waals surface area contributed by atoms with Crippen molar-refractivity contribution in [2.24, 2.45) is 11.7 Å². The molecule has 0 aliphatic rings. The summed E-state index contributed by atoms with van der Waals surface area (Å²) >= 11 is 0. The molecule has 5 heteroatoms. The third-order valence-electron chi connectivity index (χ3n) is 2.39. The van der Waals surface area contributed by atoms with Gasteiger partial charge in [0.05, 0.1) is 0 Å². The summed E-state index contributed by atoms with van der Waals surface area (Å²) in [6.07, 6.45) is 1.15. The number of carboxylic acids is 1. The number of carbonyl (C=O) groups is 2. The van der Waals surface area contributed by atoms with E-state index in [1.165, 1.54) is 0 Å². The zero-order valence-electron chi connectivity index (χ0n) is 9.49. The lowest BCUT2D eigenvalue weighted by atomic mass is 10.0. The molecule has 0 rings (SSSR count). The lowest BCUT2D eigenvalue weighted by molar-refractivity contribution is -0.142. The van der Waals surface area contributed by atoms with E-state index >= 15 is 0 Å². The highest BCUT2D eigenvalue weighted by atomic mass is 16.4. The summed E-state index contributed by atoms with van der Waals surface area (Å²) in [7, 11) is 0. The number of carbonyl (C=O) groups excluding carboxylic acids is 1. The van der Waals surface area contributed by atoms with Gasteiger partial charge >= 0.3 is 5.97 Å². The van der Waals surface area contributed by atoms with E-state index in [1.54, 1.807) is 13.8 Å². The van der Waals surface area contributed by atoms with Gasteiger partial charge in [0, 0.05) is 12.0 Å². The molecule has 0 saturated heterocycles. The fourth-order valence-electron chi connectivity index (χ4n) is 1.09. The summed E-state index contributed by atoms with van der Waals surface area (Å²) in [6.45, 7) is 5.28. The van der Waals surface area contributed by atoms with Crippen LogP contribution in [0.5, 0.6) is 0 Å². The Balaban J connectivity index is 4.28. The van der Waals surface area contributed by atoms with Crippen molar-refractivity contribution in [1.29, 1.82) is 0 Å². The van der Waals surface area contributed by atoms with Crippen molar-refractivity contribution in [2.75, 3.05) is 0 Å². The molecule has 5 nitrogen and oxygen atoms in total. The Morgan fingerprint density at radius 1 is 1.40 bits per heavy atom. The van der Waals surface area contributed by atoms with Crippen LogP contribution in [0, 0.1) is 5.92 Å². The number of hydrogen-bond acceptors (Lipinski definition) is 3. The summed E-state index contributed by atoms with van der Waals surface area (Å²) in [5, 5.41) is 11.3. The molecule has 0 heterocycles. The number of hydrogen-bond donors (Lipinski definition) is 3. The lowest BCUT2D eigenvalue weighted by Crippen LogP contribution is -2.46. The number of nitrogens with one attached hydrogen (secondary N) is 1. The normalized spacial score (nSPS) is 16.5. The van der Waals surface area contributed by atoms with Crippen LogP contribution in [-0.2, 0) is 9.59 Å². The zero-order chi connectivity index (χ0) is 12.0. The molecule has 0 aromatic carbocycles. The Labute approximate surface area is 90.0 Å². The van der Waals surface area contributed by atoms with Gasteiger partial charge in [-0.2, -0.15) is 0 Å². The van der Waals surface area contributed by atoms with Crippen molar-refractivity contribution < 1.29 is 14.7 Å². The molecular formula is C10H20N2O3. The average Bonchev–Trinajstić information content (AvgIpc) is 2.15. The summed E-state index contributed by atoms with van der Waals surface area (Å²) in [5.41, 5.74) is 5.55. The van der Waals surface area contributed by atoms with E-state index in [9.17, 15) is 9.59 Å². The van der Waals surface area contributed by atoms with Gasteiger partial charge in [-0.3, -0.25) is 4.79 Å². The topological polar surface area (TPSA) is 92.4 Å². The largest absolute Gasteiger partial charge is 0.480 e. The maximum absolute atomic E-state index is 11.5. The van der Waals surface area contributed by atoms with Crippen LogP contribution < -0.4 is 11.1 Å². The summed E-state index contributed by atoms with van der Waals surface area (Å²) < 4.78 is 0. The molecule has 0 bridgehead atoms. The molecule has 0 fully saturated rings. The molecule has 0 saturated carbocycles. The Morgan fingerprint density at radius 2 is 1.93 bits per heavy atom. The molecule has 3 atom stereocenters. The van der Waals surface area contributed by atoms with Crippen LogP contribution in [0.15, 0.2) is 0 Å². The van der Waals surface area contributed by atoms with Gasteiger partial charge in [-0.05, 0) is 13.3 Å². The minimum atomic E-state index is -0.998. The summed E-state index contributed by atoms with van der Waals surface area (Å²) in [5.74, 6) is -1.67. The maximum Gasteiger partial charge on any atom is 0.326 e. The van der Waals surface area contributed by atoms with Crippen molar-refractivity contribution >= 4 is 11.9 Å². The molecule has 0 aliphatic carbocycles. The second kappa shape index (κ2) is 6.40. The maximum atomic E-state index is 11.5. The summed E-state index contributed by atoms with van der Waals surface area (Å²) in [4.78, 5) is 22.3. The van der Waals surface area contributed by atoms with Crippen LogP contribution in [0.3, 0.4) is 0 Å². The van der Waals surface area contributed by atoms with Crippen molar-refractivity contribution in [3.05, 3.63) is 0 Å². The highest BCUT2D eigenvalue weighted by molar-refractivity contribution is 5.85. The predicted octanol–water partition coefficient (Wildman–Crippen LogP) is 0.339. The average molecular weight is 216 g/mol. The molecule has 0 radical (unpaired) electrons. The van der Waals surface area contributed by atoms with Crippen LogP contribution >= 0.6 is 0 Å². The fraction of sp³-hybridized carbons (Fsp3) is 0.800. The molecule has 0 aromatic heterocycles. The molecular weight excluding hydrogens is 196 g/mol. The lowest BCUT2D eigenvalue weighted by Gasteiger charge is -2.19. The first-order chi connectivity index (χ1) is 6.90. The SMILES string of the molecule is CCC[C@@H](NC(=O)C(C)C(C)N)C(=O)O. The Bertz CT molecular complexity index is 229. The van der Waals surface area contributed by atoms with Gasteiger partial charge in [0.2, 0.25) is 5.91 Å². The number of aliphatic carboxylic acids is 1. The van der Waals surface area contributed by atoms with Gasteiger partial charge in [-0.25, -0.2) is 4.79 Å². The third-order valence-corrected chi connectivity index (χ3v) is 2.39. The minimum Gasteiger partial charge on any atom is -0.480 e. The number of amides is 1. The van der Waals surface area contributed by atoms with Crippen LogP contribution in [0.4, 0.5) is 0 Å². The van der Waals surface area contributed by atoms with Crippen molar-refractivity contribution in [1.82, 2.24) is 5.32 Å². The molecule has 2 unspecified atom stereocenters. The van der Waals surface area contributed by atoms with E-state index in [4.69, 9.17) is 10.8 Å². The molecule has 0 aromatic rings. The monoisotopic (exact) mass is 216 g/mol. The third kappa shape index (κ3) is 4.78. The summed E-state index contributed by atoms with van der Waals surface area (Å²) in [6, 6.07) is -1.08. The Hall–Kier alpha value is -1.10.